The summed E-state index contributed by atoms with van der Waals surface area (Å²) in [6, 6.07) is 6.56. The summed E-state index contributed by atoms with van der Waals surface area (Å²) < 4.78 is 82.7. The molecule has 39 heavy (non-hydrogen) atoms. The van der Waals surface area contributed by atoms with Crippen LogP contribution in [0.15, 0.2) is 53.8 Å². The lowest BCUT2D eigenvalue weighted by molar-refractivity contribution is -0.137. The van der Waals surface area contributed by atoms with Gasteiger partial charge in [0.1, 0.15) is 22.9 Å². The van der Waals surface area contributed by atoms with E-state index in [9.17, 15) is 21.6 Å². The van der Waals surface area contributed by atoms with Crippen LogP contribution < -0.4 is 10.0 Å². The predicted molar refractivity (Wildman–Crippen MR) is 142 cm³/mol. The van der Waals surface area contributed by atoms with Crippen LogP contribution in [0.4, 0.5) is 29.1 Å². The van der Waals surface area contributed by atoms with E-state index in [1.165, 1.54) is 12.3 Å². The van der Waals surface area contributed by atoms with Crippen molar-refractivity contribution in [2.45, 2.75) is 48.3 Å². The highest BCUT2D eigenvalue weighted by Crippen LogP contribution is 2.40. The van der Waals surface area contributed by atoms with Gasteiger partial charge in [0, 0.05) is 23.3 Å². The summed E-state index contributed by atoms with van der Waals surface area (Å²) in [7, 11) is -0.633. The number of rotatable bonds is 7. The number of likely N-dealkylation sites (N-methyl/N-ethyl adjacent to an activating group) is 1. The van der Waals surface area contributed by atoms with Crippen LogP contribution in [0.2, 0.25) is 10.0 Å². The molecule has 0 aliphatic heterocycles. The molecule has 0 amide bonds. The monoisotopic (exact) mass is 605 g/mol. The van der Waals surface area contributed by atoms with Gasteiger partial charge >= 0.3 is 6.18 Å². The number of sulfonamides is 1. The highest BCUT2D eigenvalue weighted by atomic mass is 35.5. The van der Waals surface area contributed by atoms with Crippen molar-refractivity contribution in [3.8, 4) is 0 Å². The molecule has 3 atom stereocenters. The van der Waals surface area contributed by atoms with E-state index in [0.717, 1.165) is 30.6 Å². The molecule has 0 spiro atoms. The number of halogens is 6. The first kappa shape index (κ1) is 29.3. The zero-order valence-electron chi connectivity index (χ0n) is 20.8. The number of anilines is 2. The molecule has 7 nitrogen and oxygen atoms in total. The lowest BCUT2D eigenvalue weighted by Crippen LogP contribution is -2.47. The predicted octanol–water partition coefficient (Wildman–Crippen LogP) is 6.42. The van der Waals surface area contributed by atoms with Crippen LogP contribution in [-0.2, 0) is 16.2 Å². The van der Waals surface area contributed by atoms with Crippen molar-refractivity contribution in [2.75, 3.05) is 24.1 Å². The smallest absolute Gasteiger partial charge is 0.379 e. The SMILES string of the molecule is CN(C)[C@H]1C[C@@H](c2cc(Cl)cc(C(F)(F)F)c2)CC[C@@H]1Nc1cc(F)c(S(=O)(=O)Nc2ccncn2)cc1Cl. The third kappa shape index (κ3) is 6.92. The van der Waals surface area contributed by atoms with Gasteiger partial charge in [0.15, 0.2) is 0 Å². The number of benzene rings is 2. The minimum Gasteiger partial charge on any atom is -0.379 e. The van der Waals surface area contributed by atoms with Gasteiger partial charge in [-0.2, -0.15) is 13.2 Å². The zero-order valence-corrected chi connectivity index (χ0v) is 23.1. The molecule has 4 rings (SSSR count). The van der Waals surface area contributed by atoms with Gasteiger partial charge in [-0.05, 0) is 81.2 Å². The second-order valence-corrected chi connectivity index (χ2v) is 12.0. The summed E-state index contributed by atoms with van der Waals surface area (Å²) in [6.45, 7) is 0. The van der Waals surface area contributed by atoms with E-state index in [1.807, 2.05) is 19.0 Å². The maximum Gasteiger partial charge on any atom is 0.416 e. The largest absolute Gasteiger partial charge is 0.416 e. The van der Waals surface area contributed by atoms with Crippen LogP contribution in [0.3, 0.4) is 0 Å². The number of nitrogens with zero attached hydrogens (tertiary/aromatic N) is 3. The van der Waals surface area contributed by atoms with E-state index in [0.29, 0.717) is 24.8 Å². The summed E-state index contributed by atoms with van der Waals surface area (Å²) in [5, 5.41) is 3.22. The summed E-state index contributed by atoms with van der Waals surface area (Å²) in [5.41, 5.74) is -0.0827. The van der Waals surface area contributed by atoms with Crippen molar-refractivity contribution in [1.29, 1.82) is 0 Å². The molecular formula is C25H25Cl2F4N5O2S. The number of hydrogen-bond acceptors (Lipinski definition) is 6. The first-order chi connectivity index (χ1) is 18.2. The normalized spacial score (nSPS) is 20.2. The lowest BCUT2D eigenvalue weighted by Gasteiger charge is -2.41. The third-order valence-corrected chi connectivity index (χ3v) is 8.57. The summed E-state index contributed by atoms with van der Waals surface area (Å²) in [4.78, 5) is 8.77. The fourth-order valence-corrected chi connectivity index (χ4v) is 6.41. The molecule has 1 fully saturated rings. The Morgan fingerprint density at radius 1 is 1.08 bits per heavy atom. The molecule has 1 heterocycles. The van der Waals surface area contributed by atoms with Crippen LogP contribution in [0.25, 0.3) is 0 Å². The van der Waals surface area contributed by atoms with Crippen molar-refractivity contribution in [3.05, 3.63) is 75.9 Å². The molecule has 1 saturated carbocycles. The van der Waals surface area contributed by atoms with E-state index in [2.05, 4.69) is 20.0 Å². The Balaban J connectivity index is 1.54. The molecule has 2 aromatic carbocycles. The van der Waals surface area contributed by atoms with Gasteiger partial charge in [-0.25, -0.2) is 22.8 Å². The zero-order chi connectivity index (χ0) is 28.5. The average Bonchev–Trinajstić information content (AvgIpc) is 2.85. The van der Waals surface area contributed by atoms with Crippen LogP contribution >= 0.6 is 23.2 Å². The second-order valence-electron chi connectivity index (χ2n) is 9.53. The minimum atomic E-state index is -4.51. The molecule has 0 bridgehead atoms. The maximum atomic E-state index is 15.0. The van der Waals surface area contributed by atoms with Crippen molar-refractivity contribution < 1.29 is 26.0 Å². The maximum absolute atomic E-state index is 15.0. The van der Waals surface area contributed by atoms with E-state index in [-0.39, 0.29) is 39.6 Å². The Morgan fingerprint density at radius 3 is 2.46 bits per heavy atom. The molecule has 3 aromatic rings. The second kappa shape index (κ2) is 11.4. The molecule has 1 aliphatic rings. The van der Waals surface area contributed by atoms with E-state index in [1.54, 1.807) is 6.07 Å². The fraction of sp³-hybridized carbons (Fsp3) is 0.360. The van der Waals surface area contributed by atoms with Gasteiger partial charge in [0.2, 0.25) is 0 Å². The number of aromatic nitrogens is 2. The summed E-state index contributed by atoms with van der Waals surface area (Å²) >= 11 is 12.4. The molecule has 0 radical (unpaired) electrons. The highest BCUT2D eigenvalue weighted by molar-refractivity contribution is 7.92. The average molecular weight is 606 g/mol. The Bertz CT molecular complexity index is 1440. The van der Waals surface area contributed by atoms with Gasteiger partial charge in [0.05, 0.1) is 16.3 Å². The van der Waals surface area contributed by atoms with Gasteiger partial charge in [0.25, 0.3) is 10.0 Å². The molecule has 1 aromatic heterocycles. The quantitative estimate of drug-likeness (QED) is 0.302. The Morgan fingerprint density at radius 2 is 1.82 bits per heavy atom. The van der Waals surface area contributed by atoms with Crippen LogP contribution in [-0.4, -0.2) is 49.5 Å². The topological polar surface area (TPSA) is 87.2 Å². The fourth-order valence-electron chi connectivity index (χ4n) is 4.79. The van der Waals surface area contributed by atoms with Gasteiger partial charge in [-0.15, -0.1) is 0 Å². The molecular weight excluding hydrogens is 581 g/mol. The van der Waals surface area contributed by atoms with Crippen molar-refractivity contribution in [1.82, 2.24) is 14.9 Å². The third-order valence-electron chi connectivity index (χ3n) is 6.67. The van der Waals surface area contributed by atoms with Gasteiger partial charge in [-0.3, -0.25) is 4.72 Å². The number of hydrogen-bond donors (Lipinski definition) is 2. The molecule has 210 valence electrons. The molecule has 2 N–H and O–H groups in total. The number of alkyl halides is 3. The van der Waals surface area contributed by atoms with Gasteiger partial charge in [-0.1, -0.05) is 23.2 Å². The van der Waals surface area contributed by atoms with E-state index in [4.69, 9.17) is 23.2 Å². The first-order valence-electron chi connectivity index (χ1n) is 11.8. The lowest BCUT2D eigenvalue weighted by atomic mass is 9.78. The Labute approximate surface area is 233 Å². The van der Waals surface area contributed by atoms with Crippen LogP contribution in [0.5, 0.6) is 0 Å². The van der Waals surface area contributed by atoms with Crippen LogP contribution in [0.1, 0.15) is 36.3 Å². The van der Waals surface area contributed by atoms with Crippen molar-refractivity contribution in [3.63, 3.8) is 0 Å². The highest BCUT2D eigenvalue weighted by Gasteiger charge is 2.36. The molecule has 0 unspecified atom stereocenters. The summed E-state index contributed by atoms with van der Waals surface area (Å²) in [5.74, 6) is -1.23. The molecule has 1 aliphatic carbocycles. The first-order valence-corrected chi connectivity index (χ1v) is 14.1. The van der Waals surface area contributed by atoms with Crippen LogP contribution in [0, 0.1) is 5.82 Å². The number of nitrogens with one attached hydrogen (secondary N) is 2. The Kier molecular flexibility index (Phi) is 8.60. The standard InChI is InChI=1S/C25H25Cl2F4N5O2S/c1-36(2)22-9-14(15-7-16(25(29,30)31)10-17(26)8-15)3-4-20(22)34-21-12-19(28)23(11-18(21)27)39(37,38)35-24-5-6-32-13-33-24/h5-8,10-14,20,22,34H,3-4,9H2,1-2H3,(H,32,33,35)/t14-,20-,22-/m0/s1. The minimum absolute atomic E-state index is 0.0104. The van der Waals surface area contributed by atoms with Crippen molar-refractivity contribution >= 4 is 44.7 Å². The Hall–Kier alpha value is -2.67. The molecule has 0 saturated heterocycles. The summed E-state index contributed by atoms with van der Waals surface area (Å²) in [6.07, 6.45) is -0.434. The molecule has 14 heteroatoms. The van der Waals surface area contributed by atoms with E-state index >= 15 is 4.39 Å². The van der Waals surface area contributed by atoms with Gasteiger partial charge < -0.3 is 10.2 Å². The van der Waals surface area contributed by atoms with E-state index < -0.39 is 32.5 Å². The van der Waals surface area contributed by atoms with Crippen molar-refractivity contribution in [2.24, 2.45) is 0 Å².